The summed E-state index contributed by atoms with van der Waals surface area (Å²) < 4.78 is 5.26. The van der Waals surface area contributed by atoms with Gasteiger partial charge in [0.25, 0.3) is 5.56 Å². The highest BCUT2D eigenvalue weighted by Gasteiger charge is 2.15. The van der Waals surface area contributed by atoms with Crippen LogP contribution in [0.5, 0.6) is 5.75 Å². The number of quaternary nitrogens is 1. The monoisotopic (exact) mass is 433 g/mol. The Bertz CT molecular complexity index is 877. The Morgan fingerprint density at radius 2 is 2.00 bits per heavy atom. The highest BCUT2D eigenvalue weighted by molar-refractivity contribution is 7.80. The van der Waals surface area contributed by atoms with Gasteiger partial charge < -0.3 is 24.8 Å². The molecule has 0 fully saturated rings. The van der Waals surface area contributed by atoms with Gasteiger partial charge in [-0.25, -0.2) is 0 Å². The number of H-pyrrole nitrogens is 1. The molecule has 166 valence electrons. The lowest BCUT2D eigenvalue weighted by molar-refractivity contribution is -0.896. The summed E-state index contributed by atoms with van der Waals surface area (Å²) in [7, 11) is 1.62. The van der Waals surface area contributed by atoms with Crippen molar-refractivity contribution in [3.8, 4) is 5.75 Å². The summed E-state index contributed by atoms with van der Waals surface area (Å²) in [5.74, 6) is 1.23. The molecule has 0 saturated heterocycles. The van der Waals surface area contributed by atoms with Gasteiger partial charge in [-0.05, 0) is 55.6 Å². The van der Waals surface area contributed by atoms with Crippen LogP contribution >= 0.6 is 12.2 Å². The Balaban J connectivity index is 2.19. The van der Waals surface area contributed by atoms with E-state index in [1.807, 2.05) is 24.3 Å². The average Bonchev–Trinajstić information content (AvgIpc) is 2.74. The van der Waals surface area contributed by atoms with Gasteiger partial charge in [0, 0.05) is 31.1 Å². The van der Waals surface area contributed by atoms with Gasteiger partial charge in [-0.15, -0.1) is 0 Å². The summed E-state index contributed by atoms with van der Waals surface area (Å²) in [6, 6.07) is 7.68. The number of aromatic amines is 1. The van der Waals surface area contributed by atoms with E-state index in [4.69, 9.17) is 17.0 Å². The predicted octanol–water partition coefficient (Wildman–Crippen LogP) is 2.18. The van der Waals surface area contributed by atoms with Crippen molar-refractivity contribution in [1.82, 2.24) is 15.2 Å². The van der Waals surface area contributed by atoms with Crippen LogP contribution in [0.3, 0.4) is 0 Å². The molecule has 0 radical (unpaired) electrons. The van der Waals surface area contributed by atoms with Gasteiger partial charge in [0.1, 0.15) is 5.75 Å². The van der Waals surface area contributed by atoms with E-state index in [-0.39, 0.29) is 5.56 Å². The molecule has 0 aliphatic rings. The number of hydrogen-bond acceptors (Lipinski definition) is 3. The van der Waals surface area contributed by atoms with Crippen LogP contribution in [0.25, 0.3) is 10.9 Å². The van der Waals surface area contributed by atoms with E-state index in [1.54, 1.807) is 12.0 Å². The van der Waals surface area contributed by atoms with E-state index in [2.05, 4.69) is 42.9 Å². The van der Waals surface area contributed by atoms with E-state index < -0.39 is 0 Å². The van der Waals surface area contributed by atoms with Crippen molar-refractivity contribution in [2.24, 2.45) is 5.92 Å². The van der Waals surface area contributed by atoms with Crippen LogP contribution in [0.1, 0.15) is 39.7 Å². The van der Waals surface area contributed by atoms with Crippen molar-refractivity contribution < 1.29 is 9.64 Å². The van der Waals surface area contributed by atoms with E-state index in [0.29, 0.717) is 17.6 Å². The van der Waals surface area contributed by atoms with E-state index >= 15 is 0 Å². The van der Waals surface area contributed by atoms with Crippen molar-refractivity contribution >= 4 is 28.2 Å². The first kappa shape index (κ1) is 24.2. The third-order valence-electron chi connectivity index (χ3n) is 5.40. The lowest BCUT2D eigenvalue weighted by atomic mass is 10.1. The minimum atomic E-state index is -0.0817. The molecule has 1 aromatic carbocycles. The fraction of sp³-hybridized carbons (Fsp3) is 0.565. The number of rotatable bonds is 11. The van der Waals surface area contributed by atoms with Crippen LogP contribution in [-0.4, -0.2) is 54.8 Å². The average molecular weight is 434 g/mol. The molecule has 0 unspecified atom stereocenters. The smallest absolute Gasteiger partial charge is 0.253 e. The van der Waals surface area contributed by atoms with Crippen LogP contribution in [-0.2, 0) is 6.54 Å². The summed E-state index contributed by atoms with van der Waals surface area (Å²) >= 11 is 5.68. The van der Waals surface area contributed by atoms with Crippen LogP contribution in [0, 0.1) is 5.92 Å². The number of fused-ring (bicyclic) bond motifs is 1. The van der Waals surface area contributed by atoms with Crippen molar-refractivity contribution in [3.05, 3.63) is 40.2 Å². The maximum Gasteiger partial charge on any atom is 0.253 e. The summed E-state index contributed by atoms with van der Waals surface area (Å²) in [6.07, 6.45) is 1.03. The second kappa shape index (κ2) is 11.9. The zero-order valence-corrected chi connectivity index (χ0v) is 19.8. The quantitative estimate of drug-likeness (QED) is 0.474. The number of benzene rings is 1. The van der Waals surface area contributed by atoms with Crippen molar-refractivity contribution in [2.45, 2.75) is 40.7 Å². The minimum Gasteiger partial charge on any atom is -0.497 e. The van der Waals surface area contributed by atoms with Crippen molar-refractivity contribution in [2.75, 3.05) is 39.8 Å². The number of nitrogens with zero attached hydrogens (tertiary/aromatic N) is 1. The number of aromatic nitrogens is 1. The second-order valence-corrected chi connectivity index (χ2v) is 8.53. The molecule has 1 heterocycles. The number of hydrogen-bond donors (Lipinski definition) is 3. The zero-order valence-electron chi connectivity index (χ0n) is 19.0. The Hall–Kier alpha value is -2.12. The molecule has 3 N–H and O–H groups in total. The molecule has 2 aromatic rings. The van der Waals surface area contributed by atoms with Gasteiger partial charge in [0.2, 0.25) is 0 Å². The van der Waals surface area contributed by atoms with Gasteiger partial charge in [0.05, 0.1) is 38.8 Å². The lowest BCUT2D eigenvalue weighted by Crippen LogP contribution is -3.11. The molecular weight excluding hydrogens is 396 g/mol. The molecule has 2 rings (SSSR count). The van der Waals surface area contributed by atoms with Crippen LogP contribution in [0.2, 0.25) is 0 Å². The number of thiocarbonyl (C=S) groups is 1. The lowest BCUT2D eigenvalue weighted by Gasteiger charge is -2.27. The summed E-state index contributed by atoms with van der Waals surface area (Å²) in [5.41, 5.74) is 1.42. The Labute approximate surface area is 185 Å². The van der Waals surface area contributed by atoms with E-state index in [1.165, 1.54) is 0 Å². The number of ether oxygens (including phenoxy) is 1. The van der Waals surface area contributed by atoms with Gasteiger partial charge in [0.15, 0.2) is 5.11 Å². The molecule has 6 nitrogen and oxygen atoms in total. The number of pyridine rings is 1. The first-order chi connectivity index (χ1) is 14.4. The molecule has 0 bridgehead atoms. The van der Waals surface area contributed by atoms with Gasteiger partial charge in [-0.2, -0.15) is 0 Å². The zero-order chi connectivity index (χ0) is 22.1. The molecule has 0 aliphatic heterocycles. The maximum atomic E-state index is 12.7. The Morgan fingerprint density at radius 1 is 1.27 bits per heavy atom. The van der Waals surface area contributed by atoms with Gasteiger partial charge >= 0.3 is 0 Å². The molecule has 0 saturated carbocycles. The first-order valence-corrected chi connectivity index (χ1v) is 11.3. The third-order valence-corrected chi connectivity index (χ3v) is 5.80. The summed E-state index contributed by atoms with van der Waals surface area (Å²) in [4.78, 5) is 19.4. The fourth-order valence-corrected chi connectivity index (χ4v) is 3.69. The maximum absolute atomic E-state index is 12.7. The molecule has 7 heteroatoms. The van der Waals surface area contributed by atoms with Crippen molar-refractivity contribution in [3.63, 3.8) is 0 Å². The van der Waals surface area contributed by atoms with Gasteiger partial charge in [-0.3, -0.25) is 4.79 Å². The topological polar surface area (TPSA) is 61.8 Å². The highest BCUT2D eigenvalue weighted by Crippen LogP contribution is 2.19. The largest absolute Gasteiger partial charge is 0.497 e. The third kappa shape index (κ3) is 6.99. The summed E-state index contributed by atoms with van der Waals surface area (Å²) in [5, 5.41) is 5.06. The fourth-order valence-electron chi connectivity index (χ4n) is 3.45. The van der Waals surface area contributed by atoms with Crippen molar-refractivity contribution in [1.29, 1.82) is 0 Å². The minimum absolute atomic E-state index is 0.0817. The first-order valence-electron chi connectivity index (χ1n) is 10.9. The highest BCUT2D eigenvalue weighted by atomic mass is 32.1. The Morgan fingerprint density at radius 3 is 2.63 bits per heavy atom. The molecule has 30 heavy (non-hydrogen) atoms. The molecule has 0 atom stereocenters. The summed E-state index contributed by atoms with van der Waals surface area (Å²) in [6.45, 7) is 14.2. The molecule has 0 amide bonds. The molecule has 1 aromatic heterocycles. The SMILES string of the molecule is CC[NH+](CC)CCCN(Cc1cc2ccc(OC)cc2[nH]c1=O)C(=S)NCC(C)C. The number of nitrogens with one attached hydrogen (secondary N) is 3. The molecular formula is C23H37N4O2S+. The van der Waals surface area contributed by atoms with Crippen LogP contribution in [0.15, 0.2) is 29.1 Å². The standard InChI is InChI=1S/C23H36N4O2S/c1-6-26(7-2)11-8-12-27(23(30)24-15-17(3)4)16-19-13-18-9-10-20(29-5)14-21(18)25-22(19)28/h9-10,13-14,17H,6-8,11-12,15-16H2,1-5H3,(H,24,30)(H,25,28)/p+1. The normalized spacial score (nSPS) is 11.3. The van der Waals surface area contributed by atoms with E-state index in [9.17, 15) is 4.79 Å². The van der Waals surface area contributed by atoms with E-state index in [0.717, 1.165) is 61.4 Å². The van der Waals surface area contributed by atoms with Gasteiger partial charge in [-0.1, -0.05) is 13.8 Å². The predicted molar refractivity (Wildman–Crippen MR) is 128 cm³/mol. The number of methoxy groups -OCH3 is 1. The Kier molecular flexibility index (Phi) is 9.59. The molecule has 0 aliphatic carbocycles. The van der Waals surface area contributed by atoms with Crippen LogP contribution < -0.4 is 20.5 Å². The molecule has 0 spiro atoms. The van der Waals surface area contributed by atoms with Crippen LogP contribution in [0.4, 0.5) is 0 Å². The second-order valence-electron chi connectivity index (χ2n) is 8.14.